The van der Waals surface area contributed by atoms with Gasteiger partial charge in [-0.2, -0.15) is 0 Å². The van der Waals surface area contributed by atoms with Gasteiger partial charge >= 0.3 is 5.97 Å². The third-order valence-electron chi connectivity index (χ3n) is 1.65. The van der Waals surface area contributed by atoms with Crippen LogP contribution in [0.25, 0.3) is 0 Å². The zero-order valence-corrected chi connectivity index (χ0v) is 7.77. The minimum Gasteiger partial charge on any atom is -0.490 e. The average Bonchev–Trinajstić information content (AvgIpc) is 2.16. The summed E-state index contributed by atoms with van der Waals surface area (Å²) in [6.07, 6.45) is 1.70. The molecule has 0 unspecified atom stereocenters. The van der Waals surface area contributed by atoms with Gasteiger partial charge in [-0.3, -0.25) is 4.79 Å². The zero-order valence-electron chi connectivity index (χ0n) is 7.77. The van der Waals surface area contributed by atoms with E-state index in [2.05, 4.69) is 6.58 Å². The van der Waals surface area contributed by atoms with Crippen molar-refractivity contribution in [3.05, 3.63) is 42.5 Å². The maximum Gasteiger partial charge on any atom is 0.307 e. The Morgan fingerprint density at radius 1 is 1.43 bits per heavy atom. The minimum absolute atomic E-state index is 0.0434. The summed E-state index contributed by atoms with van der Waals surface area (Å²) >= 11 is 0. The monoisotopic (exact) mass is 192 g/mol. The normalized spacial score (nSPS) is 9.43. The van der Waals surface area contributed by atoms with Crippen LogP contribution in [-0.4, -0.2) is 17.7 Å². The first-order valence-corrected chi connectivity index (χ1v) is 4.27. The summed E-state index contributed by atoms with van der Waals surface area (Å²) in [6, 6.07) is 6.99. The number of carboxylic acids is 1. The van der Waals surface area contributed by atoms with E-state index in [9.17, 15) is 4.79 Å². The van der Waals surface area contributed by atoms with Crippen LogP contribution >= 0.6 is 0 Å². The molecule has 0 radical (unpaired) electrons. The second-order valence-corrected chi connectivity index (χ2v) is 2.81. The quantitative estimate of drug-likeness (QED) is 0.724. The number of benzene rings is 1. The molecule has 0 fully saturated rings. The molecule has 3 heteroatoms. The van der Waals surface area contributed by atoms with Crippen LogP contribution in [-0.2, 0) is 11.2 Å². The first-order chi connectivity index (χ1) is 6.72. The molecular weight excluding hydrogens is 180 g/mol. The molecule has 3 nitrogen and oxygen atoms in total. The van der Waals surface area contributed by atoms with Crippen LogP contribution < -0.4 is 4.74 Å². The highest BCUT2D eigenvalue weighted by molar-refractivity contribution is 5.70. The van der Waals surface area contributed by atoms with E-state index in [-0.39, 0.29) is 6.42 Å². The molecule has 1 aromatic rings. The molecule has 0 bridgehead atoms. The third-order valence-corrected chi connectivity index (χ3v) is 1.65. The highest BCUT2D eigenvalue weighted by Crippen LogP contribution is 2.12. The van der Waals surface area contributed by atoms with Gasteiger partial charge < -0.3 is 9.84 Å². The SMILES string of the molecule is C=CCOc1ccc(CC(=O)O)cc1. The maximum absolute atomic E-state index is 10.4. The van der Waals surface area contributed by atoms with Crippen LogP contribution in [0.5, 0.6) is 5.75 Å². The number of hydrogen-bond acceptors (Lipinski definition) is 2. The Balaban J connectivity index is 2.58. The van der Waals surface area contributed by atoms with Crippen molar-refractivity contribution in [3.8, 4) is 5.75 Å². The highest BCUT2D eigenvalue weighted by Gasteiger charge is 1.99. The van der Waals surface area contributed by atoms with Gasteiger partial charge in [0.05, 0.1) is 6.42 Å². The van der Waals surface area contributed by atoms with Gasteiger partial charge in [-0.1, -0.05) is 24.8 Å². The largest absolute Gasteiger partial charge is 0.490 e. The lowest BCUT2D eigenvalue weighted by Crippen LogP contribution is -2.00. The molecule has 0 atom stereocenters. The van der Waals surface area contributed by atoms with Crippen molar-refractivity contribution >= 4 is 5.97 Å². The van der Waals surface area contributed by atoms with Crippen molar-refractivity contribution in [1.29, 1.82) is 0 Å². The van der Waals surface area contributed by atoms with Gasteiger partial charge in [0.2, 0.25) is 0 Å². The summed E-state index contributed by atoms with van der Waals surface area (Å²) in [6.45, 7) is 3.99. The van der Waals surface area contributed by atoms with Gasteiger partial charge in [-0.05, 0) is 17.7 Å². The molecule has 0 saturated heterocycles. The smallest absolute Gasteiger partial charge is 0.307 e. The van der Waals surface area contributed by atoms with Crippen LogP contribution in [0.3, 0.4) is 0 Å². The lowest BCUT2D eigenvalue weighted by Gasteiger charge is -2.03. The first kappa shape index (κ1) is 10.3. The van der Waals surface area contributed by atoms with Crippen LogP contribution in [0.4, 0.5) is 0 Å². The third kappa shape index (κ3) is 3.31. The maximum atomic E-state index is 10.4. The molecule has 0 aliphatic carbocycles. The Morgan fingerprint density at radius 3 is 2.57 bits per heavy atom. The molecule has 0 aromatic heterocycles. The number of carbonyl (C=O) groups is 1. The van der Waals surface area contributed by atoms with E-state index in [0.29, 0.717) is 6.61 Å². The van der Waals surface area contributed by atoms with Gasteiger partial charge in [0, 0.05) is 0 Å². The minimum atomic E-state index is -0.829. The van der Waals surface area contributed by atoms with Crippen molar-refractivity contribution in [2.45, 2.75) is 6.42 Å². The molecule has 0 aliphatic heterocycles. The second-order valence-electron chi connectivity index (χ2n) is 2.81. The van der Waals surface area contributed by atoms with E-state index in [1.54, 1.807) is 30.3 Å². The van der Waals surface area contributed by atoms with E-state index >= 15 is 0 Å². The van der Waals surface area contributed by atoms with Crippen LogP contribution in [0.15, 0.2) is 36.9 Å². The van der Waals surface area contributed by atoms with E-state index in [0.717, 1.165) is 11.3 Å². The van der Waals surface area contributed by atoms with Crippen molar-refractivity contribution < 1.29 is 14.6 Å². The van der Waals surface area contributed by atoms with Crippen LogP contribution in [0.2, 0.25) is 0 Å². The summed E-state index contributed by atoms with van der Waals surface area (Å²) in [7, 11) is 0. The average molecular weight is 192 g/mol. The predicted octanol–water partition coefficient (Wildman–Crippen LogP) is 1.88. The van der Waals surface area contributed by atoms with E-state index in [4.69, 9.17) is 9.84 Å². The molecule has 14 heavy (non-hydrogen) atoms. The first-order valence-electron chi connectivity index (χ1n) is 4.27. The standard InChI is InChI=1S/C11H12O3/c1-2-7-14-10-5-3-9(4-6-10)8-11(12)13/h2-6H,1,7-8H2,(H,12,13). The second kappa shape index (κ2) is 5.07. The summed E-state index contributed by atoms with van der Waals surface area (Å²) in [5.41, 5.74) is 0.767. The summed E-state index contributed by atoms with van der Waals surface area (Å²) in [5.74, 6) is -0.108. The lowest BCUT2D eigenvalue weighted by molar-refractivity contribution is -0.136. The zero-order chi connectivity index (χ0) is 10.4. The number of aliphatic carboxylic acids is 1. The summed E-state index contributed by atoms with van der Waals surface area (Å²) in [5, 5.41) is 8.53. The molecule has 1 rings (SSSR count). The topological polar surface area (TPSA) is 46.5 Å². The molecule has 0 aliphatic rings. The Labute approximate surface area is 82.6 Å². The molecule has 0 heterocycles. The fourth-order valence-electron chi connectivity index (χ4n) is 1.03. The predicted molar refractivity (Wildman–Crippen MR) is 53.5 cm³/mol. The molecule has 0 spiro atoms. The van der Waals surface area contributed by atoms with Gasteiger partial charge in [0.1, 0.15) is 12.4 Å². The summed E-state index contributed by atoms with van der Waals surface area (Å²) in [4.78, 5) is 10.4. The Kier molecular flexibility index (Phi) is 3.73. The van der Waals surface area contributed by atoms with Crippen molar-refractivity contribution in [1.82, 2.24) is 0 Å². The van der Waals surface area contributed by atoms with E-state index in [1.165, 1.54) is 0 Å². The molecule has 1 aromatic carbocycles. The number of rotatable bonds is 5. The van der Waals surface area contributed by atoms with Gasteiger partial charge in [-0.15, -0.1) is 0 Å². The van der Waals surface area contributed by atoms with Crippen LogP contribution in [0, 0.1) is 0 Å². The molecular formula is C11H12O3. The molecule has 0 amide bonds. The van der Waals surface area contributed by atoms with Crippen molar-refractivity contribution in [2.75, 3.05) is 6.61 Å². The van der Waals surface area contributed by atoms with Gasteiger partial charge in [0.25, 0.3) is 0 Å². The van der Waals surface area contributed by atoms with E-state index < -0.39 is 5.97 Å². The molecule has 74 valence electrons. The Morgan fingerprint density at radius 2 is 2.07 bits per heavy atom. The van der Waals surface area contributed by atoms with Gasteiger partial charge in [-0.25, -0.2) is 0 Å². The van der Waals surface area contributed by atoms with Crippen LogP contribution in [0.1, 0.15) is 5.56 Å². The van der Waals surface area contributed by atoms with E-state index in [1.807, 2.05) is 0 Å². The number of hydrogen-bond donors (Lipinski definition) is 1. The summed E-state index contributed by atoms with van der Waals surface area (Å²) < 4.78 is 5.25. The number of carboxylic acid groups (broad SMARTS) is 1. The fraction of sp³-hybridized carbons (Fsp3) is 0.182. The molecule has 1 N–H and O–H groups in total. The lowest BCUT2D eigenvalue weighted by atomic mass is 10.1. The highest BCUT2D eigenvalue weighted by atomic mass is 16.5. The fourth-order valence-corrected chi connectivity index (χ4v) is 1.03. The van der Waals surface area contributed by atoms with Crippen molar-refractivity contribution in [3.63, 3.8) is 0 Å². The number of ether oxygens (including phenoxy) is 1. The molecule has 0 saturated carbocycles. The van der Waals surface area contributed by atoms with Crippen molar-refractivity contribution in [2.24, 2.45) is 0 Å². The van der Waals surface area contributed by atoms with Gasteiger partial charge in [0.15, 0.2) is 0 Å². The Bertz CT molecular complexity index is 314. The Hall–Kier alpha value is -1.77.